The van der Waals surface area contributed by atoms with Crippen LogP contribution in [0.1, 0.15) is 44.1 Å². The van der Waals surface area contributed by atoms with Crippen LogP contribution in [0, 0.1) is 17.8 Å². The first kappa shape index (κ1) is 17.8. The quantitative estimate of drug-likeness (QED) is 0.823. The molecule has 3 rings (SSSR count). The van der Waals surface area contributed by atoms with Crippen molar-refractivity contribution >= 4 is 11.9 Å². The number of nitrogens with zero attached hydrogens (tertiary/aromatic N) is 1. The van der Waals surface area contributed by atoms with Crippen molar-refractivity contribution in [2.45, 2.75) is 45.1 Å². The Morgan fingerprint density at radius 3 is 2.48 bits per heavy atom. The van der Waals surface area contributed by atoms with Crippen molar-refractivity contribution in [2.75, 3.05) is 13.7 Å². The van der Waals surface area contributed by atoms with Crippen molar-refractivity contribution in [2.24, 2.45) is 17.8 Å². The SMILES string of the molecule is CN(Cc1ccc(OCC(=O)O)cc1)C(=O)C1CC1C1CCCCC1. The molecule has 2 aliphatic carbocycles. The number of hydrogen-bond acceptors (Lipinski definition) is 3. The maximum absolute atomic E-state index is 12.6. The van der Waals surface area contributed by atoms with Crippen LogP contribution >= 0.6 is 0 Å². The number of rotatable bonds is 7. The van der Waals surface area contributed by atoms with Gasteiger partial charge in [0.1, 0.15) is 5.75 Å². The summed E-state index contributed by atoms with van der Waals surface area (Å²) in [5.41, 5.74) is 1.02. The molecule has 5 heteroatoms. The minimum absolute atomic E-state index is 0.228. The Balaban J connectivity index is 1.47. The Morgan fingerprint density at radius 1 is 1.16 bits per heavy atom. The third kappa shape index (κ3) is 4.74. The van der Waals surface area contributed by atoms with Crippen LogP contribution in [0.15, 0.2) is 24.3 Å². The number of aliphatic carboxylic acids is 1. The van der Waals surface area contributed by atoms with E-state index in [0.717, 1.165) is 17.9 Å². The highest BCUT2D eigenvalue weighted by molar-refractivity contribution is 5.81. The number of carboxylic acid groups (broad SMARTS) is 1. The molecule has 2 aliphatic rings. The molecule has 2 unspecified atom stereocenters. The molecule has 2 fully saturated rings. The number of carboxylic acids is 1. The molecule has 1 aromatic rings. The minimum Gasteiger partial charge on any atom is -0.482 e. The fourth-order valence-electron chi connectivity index (χ4n) is 4.05. The molecule has 0 aliphatic heterocycles. The van der Waals surface area contributed by atoms with Crippen LogP contribution in [0.2, 0.25) is 0 Å². The van der Waals surface area contributed by atoms with Crippen molar-refractivity contribution in [3.63, 3.8) is 0 Å². The fraction of sp³-hybridized carbons (Fsp3) is 0.600. The Labute approximate surface area is 149 Å². The van der Waals surface area contributed by atoms with E-state index in [-0.39, 0.29) is 18.4 Å². The molecule has 136 valence electrons. The van der Waals surface area contributed by atoms with Gasteiger partial charge in [-0.15, -0.1) is 0 Å². The predicted octanol–water partition coefficient (Wildman–Crippen LogP) is 3.32. The van der Waals surface area contributed by atoms with E-state index < -0.39 is 5.97 Å². The average Bonchev–Trinajstić information content (AvgIpc) is 3.42. The van der Waals surface area contributed by atoms with Gasteiger partial charge in [0.25, 0.3) is 0 Å². The third-order valence-corrected chi connectivity index (χ3v) is 5.49. The van der Waals surface area contributed by atoms with Crippen LogP contribution in [0.3, 0.4) is 0 Å². The minimum atomic E-state index is -0.994. The first-order valence-corrected chi connectivity index (χ1v) is 9.23. The van der Waals surface area contributed by atoms with Gasteiger partial charge in [-0.2, -0.15) is 0 Å². The topological polar surface area (TPSA) is 66.8 Å². The molecule has 1 N–H and O–H groups in total. The second kappa shape index (κ2) is 7.89. The summed E-state index contributed by atoms with van der Waals surface area (Å²) in [5.74, 6) is 1.41. The van der Waals surface area contributed by atoms with Gasteiger partial charge in [0, 0.05) is 19.5 Å². The van der Waals surface area contributed by atoms with Gasteiger partial charge in [-0.1, -0.05) is 44.2 Å². The van der Waals surface area contributed by atoms with E-state index in [1.165, 1.54) is 32.1 Å². The lowest BCUT2D eigenvalue weighted by molar-refractivity contribution is -0.139. The first-order chi connectivity index (χ1) is 12.0. The van der Waals surface area contributed by atoms with Crippen LogP contribution < -0.4 is 4.74 Å². The lowest BCUT2D eigenvalue weighted by atomic mass is 9.85. The molecule has 2 saturated carbocycles. The largest absolute Gasteiger partial charge is 0.482 e. The zero-order valence-electron chi connectivity index (χ0n) is 14.8. The Bertz CT molecular complexity index is 607. The Morgan fingerprint density at radius 2 is 1.84 bits per heavy atom. The summed E-state index contributed by atoms with van der Waals surface area (Å²) in [7, 11) is 1.87. The molecule has 1 amide bonds. The second-order valence-electron chi connectivity index (χ2n) is 7.42. The molecular formula is C20H27NO4. The maximum atomic E-state index is 12.6. The number of hydrogen-bond donors (Lipinski definition) is 1. The highest BCUT2D eigenvalue weighted by atomic mass is 16.5. The van der Waals surface area contributed by atoms with Gasteiger partial charge in [0.05, 0.1) is 0 Å². The van der Waals surface area contributed by atoms with E-state index in [1.807, 2.05) is 24.1 Å². The van der Waals surface area contributed by atoms with Crippen LogP contribution in [-0.2, 0) is 16.1 Å². The summed E-state index contributed by atoms with van der Waals surface area (Å²) in [4.78, 5) is 25.0. The van der Waals surface area contributed by atoms with Gasteiger partial charge < -0.3 is 14.7 Å². The van der Waals surface area contributed by atoms with Crippen molar-refractivity contribution in [3.05, 3.63) is 29.8 Å². The molecule has 0 saturated heterocycles. The molecule has 0 bridgehead atoms. The maximum Gasteiger partial charge on any atom is 0.341 e. The van der Waals surface area contributed by atoms with E-state index >= 15 is 0 Å². The summed E-state index contributed by atoms with van der Waals surface area (Å²) in [6, 6.07) is 7.26. The van der Waals surface area contributed by atoms with E-state index in [2.05, 4.69) is 0 Å². The molecule has 0 aromatic heterocycles. The number of carbonyl (C=O) groups excluding carboxylic acids is 1. The summed E-state index contributed by atoms with van der Waals surface area (Å²) >= 11 is 0. The lowest BCUT2D eigenvalue weighted by Crippen LogP contribution is -2.29. The summed E-state index contributed by atoms with van der Waals surface area (Å²) in [6.07, 6.45) is 7.68. The van der Waals surface area contributed by atoms with Gasteiger partial charge in [0.15, 0.2) is 6.61 Å². The summed E-state index contributed by atoms with van der Waals surface area (Å²) in [6.45, 7) is 0.230. The van der Waals surface area contributed by atoms with Gasteiger partial charge in [-0.05, 0) is 36.0 Å². The normalized spacial score (nSPS) is 23.1. The molecule has 2 atom stereocenters. The smallest absolute Gasteiger partial charge is 0.341 e. The van der Waals surface area contributed by atoms with E-state index in [0.29, 0.717) is 18.2 Å². The number of amides is 1. The Kier molecular flexibility index (Phi) is 5.61. The molecule has 25 heavy (non-hydrogen) atoms. The number of ether oxygens (including phenoxy) is 1. The van der Waals surface area contributed by atoms with Gasteiger partial charge in [-0.3, -0.25) is 4.79 Å². The molecule has 5 nitrogen and oxygen atoms in total. The van der Waals surface area contributed by atoms with E-state index in [1.54, 1.807) is 12.1 Å². The average molecular weight is 345 g/mol. The van der Waals surface area contributed by atoms with Gasteiger partial charge >= 0.3 is 5.97 Å². The predicted molar refractivity (Wildman–Crippen MR) is 94.2 cm³/mol. The zero-order chi connectivity index (χ0) is 17.8. The van der Waals surface area contributed by atoms with Crippen molar-refractivity contribution < 1.29 is 19.4 Å². The molecule has 1 aromatic carbocycles. The van der Waals surface area contributed by atoms with Crippen molar-refractivity contribution in [1.29, 1.82) is 0 Å². The highest BCUT2D eigenvalue weighted by Crippen LogP contribution is 2.50. The molecular weight excluding hydrogens is 318 g/mol. The molecule has 0 radical (unpaired) electrons. The second-order valence-corrected chi connectivity index (χ2v) is 7.42. The van der Waals surface area contributed by atoms with Crippen LogP contribution in [-0.4, -0.2) is 35.5 Å². The van der Waals surface area contributed by atoms with Crippen molar-refractivity contribution in [3.8, 4) is 5.75 Å². The van der Waals surface area contributed by atoms with Crippen LogP contribution in [0.25, 0.3) is 0 Å². The fourth-order valence-corrected chi connectivity index (χ4v) is 4.05. The highest BCUT2D eigenvalue weighted by Gasteiger charge is 2.48. The third-order valence-electron chi connectivity index (χ3n) is 5.49. The zero-order valence-corrected chi connectivity index (χ0v) is 14.8. The first-order valence-electron chi connectivity index (χ1n) is 9.23. The number of benzene rings is 1. The molecule has 0 spiro atoms. The standard InChI is InChI=1S/C20H27NO4/c1-21(12-14-7-9-16(10-8-14)25-13-19(22)23)20(24)18-11-17(18)15-5-3-2-4-6-15/h7-10,15,17-18H,2-6,11-13H2,1H3,(H,22,23). The summed E-state index contributed by atoms with van der Waals surface area (Å²) in [5, 5.41) is 8.61. The van der Waals surface area contributed by atoms with Crippen molar-refractivity contribution in [1.82, 2.24) is 4.90 Å². The van der Waals surface area contributed by atoms with Gasteiger partial charge in [0.2, 0.25) is 5.91 Å². The Hall–Kier alpha value is -2.04. The van der Waals surface area contributed by atoms with E-state index in [9.17, 15) is 9.59 Å². The summed E-state index contributed by atoms with van der Waals surface area (Å²) < 4.78 is 5.12. The van der Waals surface area contributed by atoms with Gasteiger partial charge in [-0.25, -0.2) is 4.79 Å². The van der Waals surface area contributed by atoms with Crippen LogP contribution in [0.5, 0.6) is 5.75 Å². The molecule has 0 heterocycles. The lowest BCUT2D eigenvalue weighted by Gasteiger charge is -2.23. The van der Waals surface area contributed by atoms with E-state index in [4.69, 9.17) is 9.84 Å². The monoisotopic (exact) mass is 345 g/mol. The number of carbonyl (C=O) groups is 2. The van der Waals surface area contributed by atoms with Crippen LogP contribution in [0.4, 0.5) is 0 Å².